The van der Waals surface area contributed by atoms with Gasteiger partial charge in [0, 0.05) is 13.0 Å². The number of alkyl halides is 3. The number of nitrogens with zero attached hydrogens (tertiary/aromatic N) is 5. The summed E-state index contributed by atoms with van der Waals surface area (Å²) in [7, 11) is 1.40. The number of tetrazole rings is 1. The molecule has 2 aromatic rings. The first-order chi connectivity index (χ1) is 12.3. The molecular weight excluding hydrogens is 349 g/mol. The van der Waals surface area contributed by atoms with Crippen molar-refractivity contribution in [1.82, 2.24) is 30.4 Å². The molecule has 0 saturated carbocycles. The predicted molar refractivity (Wildman–Crippen MR) is 88.2 cm³/mol. The summed E-state index contributed by atoms with van der Waals surface area (Å²) < 4.78 is 38.2. The van der Waals surface area contributed by atoms with Crippen LogP contribution in [0.5, 0.6) is 0 Å². The van der Waals surface area contributed by atoms with Gasteiger partial charge in [-0.2, -0.15) is 13.2 Å². The third-order valence-corrected chi connectivity index (χ3v) is 3.72. The van der Waals surface area contributed by atoms with E-state index >= 15 is 0 Å². The van der Waals surface area contributed by atoms with Crippen molar-refractivity contribution in [2.75, 3.05) is 26.7 Å². The minimum atomic E-state index is -4.22. The van der Waals surface area contributed by atoms with Crippen molar-refractivity contribution in [3.8, 4) is 0 Å². The summed E-state index contributed by atoms with van der Waals surface area (Å²) in [5, 5.41) is 13.7. The molecule has 0 aliphatic carbocycles. The highest BCUT2D eigenvalue weighted by Crippen LogP contribution is 2.15. The molecule has 0 aliphatic heterocycles. The van der Waals surface area contributed by atoms with Gasteiger partial charge in [-0.1, -0.05) is 30.3 Å². The molecule has 1 heterocycles. The Morgan fingerprint density at radius 3 is 2.65 bits per heavy atom. The number of rotatable bonds is 9. The summed E-state index contributed by atoms with van der Waals surface area (Å²) in [6.07, 6.45) is -2.04. The number of nitrogens with one attached hydrogen (secondary N) is 1. The molecule has 1 amide bonds. The summed E-state index contributed by atoms with van der Waals surface area (Å²) in [5.74, 6) is -0.278. The van der Waals surface area contributed by atoms with Gasteiger partial charge < -0.3 is 5.32 Å². The van der Waals surface area contributed by atoms with Crippen LogP contribution in [-0.4, -0.2) is 63.9 Å². The Bertz CT molecular complexity index is 662. The second-order valence-electron chi connectivity index (χ2n) is 5.99. The normalized spacial score (nSPS) is 13.0. The van der Waals surface area contributed by atoms with E-state index in [1.54, 1.807) is 0 Å². The van der Waals surface area contributed by atoms with E-state index in [1.807, 2.05) is 30.3 Å². The summed E-state index contributed by atoms with van der Waals surface area (Å²) in [5.41, 5.74) is 0.952. The molecule has 7 nitrogen and oxygen atoms in total. The lowest BCUT2D eigenvalue weighted by molar-refractivity contribution is -0.143. The van der Waals surface area contributed by atoms with Crippen molar-refractivity contribution in [3.05, 3.63) is 42.2 Å². The van der Waals surface area contributed by atoms with E-state index in [-0.39, 0.29) is 19.0 Å². The Balaban J connectivity index is 1.85. The fraction of sp³-hybridized carbons (Fsp3) is 0.500. The first-order valence-electron chi connectivity index (χ1n) is 8.14. The van der Waals surface area contributed by atoms with Gasteiger partial charge in [0.25, 0.3) is 0 Å². The molecule has 0 bridgehead atoms. The summed E-state index contributed by atoms with van der Waals surface area (Å²) >= 11 is 0. The molecule has 26 heavy (non-hydrogen) atoms. The zero-order chi connectivity index (χ0) is 19.0. The standard InChI is InChI=1S/C16H21F3N6O/c1-24(11-16(17,18)19)9-5-8-20-15(26)14(25-12-21-22-23-25)10-13-6-3-2-4-7-13/h2-4,6-7,12,14H,5,8-11H2,1H3,(H,20,26)/t14-/m1/s1. The summed E-state index contributed by atoms with van der Waals surface area (Å²) in [6, 6.07) is 8.81. The quantitative estimate of drug-likeness (QED) is 0.677. The number of carbonyl (C=O) groups excluding carboxylic acids is 1. The molecule has 1 atom stereocenters. The number of aromatic nitrogens is 4. The fourth-order valence-corrected chi connectivity index (χ4v) is 2.52. The highest BCUT2D eigenvalue weighted by Gasteiger charge is 2.29. The van der Waals surface area contributed by atoms with Crippen LogP contribution in [0.25, 0.3) is 0 Å². The van der Waals surface area contributed by atoms with Crippen LogP contribution in [0.1, 0.15) is 18.0 Å². The van der Waals surface area contributed by atoms with Gasteiger partial charge in [0.1, 0.15) is 12.4 Å². The van der Waals surface area contributed by atoms with Gasteiger partial charge in [-0.15, -0.1) is 5.10 Å². The molecule has 142 valence electrons. The van der Waals surface area contributed by atoms with E-state index < -0.39 is 18.8 Å². The molecule has 0 aliphatic rings. The van der Waals surface area contributed by atoms with E-state index in [2.05, 4.69) is 20.8 Å². The Morgan fingerprint density at radius 2 is 2.04 bits per heavy atom. The van der Waals surface area contributed by atoms with E-state index in [4.69, 9.17) is 0 Å². The third-order valence-electron chi connectivity index (χ3n) is 3.72. The molecule has 1 aromatic heterocycles. The largest absolute Gasteiger partial charge is 0.401 e. The van der Waals surface area contributed by atoms with Crippen molar-refractivity contribution in [2.24, 2.45) is 0 Å². The number of carbonyl (C=O) groups is 1. The maximum absolute atomic E-state index is 12.5. The minimum Gasteiger partial charge on any atom is -0.354 e. The van der Waals surface area contributed by atoms with E-state index in [1.165, 1.54) is 23.0 Å². The number of benzene rings is 1. The predicted octanol–water partition coefficient (Wildman–Crippen LogP) is 1.46. The zero-order valence-corrected chi connectivity index (χ0v) is 14.4. The fourth-order valence-electron chi connectivity index (χ4n) is 2.52. The molecule has 1 aromatic carbocycles. The highest BCUT2D eigenvalue weighted by atomic mass is 19.4. The summed E-state index contributed by atoms with van der Waals surface area (Å²) in [4.78, 5) is 13.7. The molecule has 0 radical (unpaired) electrons. The van der Waals surface area contributed by atoms with Crippen molar-refractivity contribution in [1.29, 1.82) is 0 Å². The van der Waals surface area contributed by atoms with Gasteiger partial charge in [0.15, 0.2) is 0 Å². The van der Waals surface area contributed by atoms with Crippen LogP contribution in [0.4, 0.5) is 13.2 Å². The number of hydrogen-bond donors (Lipinski definition) is 1. The van der Waals surface area contributed by atoms with Crippen molar-refractivity contribution >= 4 is 5.91 Å². The Morgan fingerprint density at radius 1 is 1.31 bits per heavy atom. The van der Waals surface area contributed by atoms with Crippen molar-refractivity contribution < 1.29 is 18.0 Å². The molecule has 0 saturated heterocycles. The Kier molecular flexibility index (Phi) is 7.07. The van der Waals surface area contributed by atoms with E-state index in [0.717, 1.165) is 5.56 Å². The first kappa shape index (κ1) is 19.8. The molecule has 0 unspecified atom stereocenters. The van der Waals surface area contributed by atoms with Gasteiger partial charge in [-0.25, -0.2) is 4.68 Å². The monoisotopic (exact) mass is 370 g/mol. The van der Waals surface area contributed by atoms with Gasteiger partial charge >= 0.3 is 6.18 Å². The van der Waals surface area contributed by atoms with Crippen LogP contribution in [0.3, 0.4) is 0 Å². The second kappa shape index (κ2) is 9.27. The van der Waals surface area contributed by atoms with Crippen LogP contribution >= 0.6 is 0 Å². The molecule has 10 heteroatoms. The molecular formula is C16H21F3N6O. The van der Waals surface area contributed by atoms with Gasteiger partial charge in [-0.3, -0.25) is 9.69 Å². The topological polar surface area (TPSA) is 75.9 Å². The molecule has 2 rings (SSSR count). The lowest BCUT2D eigenvalue weighted by Crippen LogP contribution is -2.37. The van der Waals surface area contributed by atoms with Crippen LogP contribution in [0, 0.1) is 0 Å². The van der Waals surface area contributed by atoms with Gasteiger partial charge in [0.05, 0.1) is 6.54 Å². The van der Waals surface area contributed by atoms with E-state index in [9.17, 15) is 18.0 Å². The smallest absolute Gasteiger partial charge is 0.354 e. The van der Waals surface area contributed by atoms with Crippen LogP contribution < -0.4 is 5.32 Å². The lowest BCUT2D eigenvalue weighted by atomic mass is 10.1. The number of amides is 1. The van der Waals surface area contributed by atoms with Crippen LogP contribution in [-0.2, 0) is 11.2 Å². The van der Waals surface area contributed by atoms with Crippen molar-refractivity contribution in [2.45, 2.75) is 25.1 Å². The van der Waals surface area contributed by atoms with Gasteiger partial charge in [-0.05, 0) is 36.0 Å². The average Bonchev–Trinajstić information content (AvgIpc) is 3.10. The Hall–Kier alpha value is -2.49. The number of hydrogen-bond acceptors (Lipinski definition) is 5. The van der Waals surface area contributed by atoms with Crippen LogP contribution in [0.2, 0.25) is 0 Å². The lowest BCUT2D eigenvalue weighted by Gasteiger charge is -2.19. The molecule has 0 fully saturated rings. The second-order valence-corrected chi connectivity index (χ2v) is 5.99. The van der Waals surface area contributed by atoms with Gasteiger partial charge in [0.2, 0.25) is 5.91 Å². The minimum absolute atomic E-state index is 0.230. The average molecular weight is 370 g/mol. The van der Waals surface area contributed by atoms with Crippen molar-refractivity contribution in [3.63, 3.8) is 0 Å². The third kappa shape index (κ3) is 6.79. The molecule has 1 N–H and O–H groups in total. The summed E-state index contributed by atoms with van der Waals surface area (Å²) in [6.45, 7) is -0.468. The van der Waals surface area contributed by atoms with E-state index in [0.29, 0.717) is 12.8 Å². The number of halogens is 3. The SMILES string of the molecule is CN(CCCNC(=O)[C@@H](Cc1ccccc1)n1cnnn1)CC(F)(F)F. The first-order valence-corrected chi connectivity index (χ1v) is 8.14. The maximum Gasteiger partial charge on any atom is 0.401 e. The zero-order valence-electron chi connectivity index (χ0n) is 14.4. The Labute approximate surface area is 149 Å². The highest BCUT2D eigenvalue weighted by molar-refractivity contribution is 5.80. The maximum atomic E-state index is 12.5. The van der Waals surface area contributed by atoms with Crippen LogP contribution in [0.15, 0.2) is 36.7 Å². The molecule has 0 spiro atoms.